The average Bonchev–Trinajstić information content (AvgIpc) is 2.10. The van der Waals surface area contributed by atoms with Crippen LogP contribution in [-0.4, -0.2) is 25.2 Å². The van der Waals surface area contributed by atoms with Crippen LogP contribution in [0.15, 0.2) is 0 Å². The number of hydrogen-bond donors (Lipinski definition) is 0. The molecule has 5 heteroatoms. The van der Waals surface area contributed by atoms with Gasteiger partial charge in [0.1, 0.15) is 0 Å². The highest BCUT2D eigenvalue weighted by Gasteiger charge is 2.40. The predicted octanol–water partition coefficient (Wildman–Crippen LogP) is 5.98. The summed E-state index contributed by atoms with van der Waals surface area (Å²) in [5.74, 6) is 0. The summed E-state index contributed by atoms with van der Waals surface area (Å²) in [6.45, 7) is 23.0. The Balaban J connectivity index is 4.70. The van der Waals surface area contributed by atoms with Crippen molar-refractivity contribution in [3.8, 4) is 0 Å². The van der Waals surface area contributed by atoms with E-state index >= 15 is 0 Å². The van der Waals surface area contributed by atoms with Crippen LogP contribution >= 0.6 is 0 Å². The zero-order valence-corrected chi connectivity index (χ0v) is 18.6. The van der Waals surface area contributed by atoms with Crippen molar-refractivity contribution in [1.82, 2.24) is 0 Å². The molecule has 0 aromatic rings. The van der Waals surface area contributed by atoms with E-state index in [1.165, 1.54) is 19.3 Å². The van der Waals surface area contributed by atoms with E-state index in [0.717, 1.165) is 6.04 Å². The lowest BCUT2D eigenvalue weighted by Crippen LogP contribution is -2.52. The third kappa shape index (κ3) is 10.3. The Hall–Kier alpha value is 0.571. The van der Waals surface area contributed by atoms with E-state index in [0.29, 0.717) is 5.41 Å². The highest BCUT2D eigenvalue weighted by atomic mass is 28.5. The van der Waals surface area contributed by atoms with Crippen molar-refractivity contribution in [2.75, 3.05) is 0 Å². The SMILES string of the molecule is CCC(C)(C)CCC[Si](C)(O[Si](C)(C)C)O[Si](C)(C)C. The van der Waals surface area contributed by atoms with Crippen molar-refractivity contribution in [3.05, 3.63) is 0 Å². The minimum absolute atomic E-state index is 0.452. The zero-order chi connectivity index (χ0) is 16.2. The summed E-state index contributed by atoms with van der Waals surface area (Å²) < 4.78 is 13.1. The Morgan fingerprint density at radius 1 is 0.800 bits per heavy atom. The van der Waals surface area contributed by atoms with E-state index in [-0.39, 0.29) is 0 Å². The van der Waals surface area contributed by atoms with Crippen molar-refractivity contribution >= 4 is 25.2 Å². The molecule has 0 saturated carbocycles. The lowest BCUT2D eigenvalue weighted by molar-refractivity contribution is 0.309. The van der Waals surface area contributed by atoms with Crippen LogP contribution in [0.2, 0.25) is 51.9 Å². The van der Waals surface area contributed by atoms with E-state index in [9.17, 15) is 0 Å². The van der Waals surface area contributed by atoms with E-state index in [2.05, 4.69) is 66.6 Å². The van der Waals surface area contributed by atoms with Crippen molar-refractivity contribution in [3.63, 3.8) is 0 Å². The van der Waals surface area contributed by atoms with Gasteiger partial charge in [-0.1, -0.05) is 33.6 Å². The first-order valence-electron chi connectivity index (χ1n) is 8.08. The van der Waals surface area contributed by atoms with E-state index in [4.69, 9.17) is 8.23 Å². The second kappa shape index (κ2) is 7.22. The van der Waals surface area contributed by atoms with Gasteiger partial charge in [-0.2, -0.15) is 0 Å². The molecule has 0 heterocycles. The molecule has 0 radical (unpaired) electrons. The van der Waals surface area contributed by atoms with Crippen molar-refractivity contribution in [2.45, 2.75) is 91.9 Å². The topological polar surface area (TPSA) is 18.5 Å². The molecule has 0 atom stereocenters. The van der Waals surface area contributed by atoms with Gasteiger partial charge in [0.05, 0.1) is 0 Å². The van der Waals surface area contributed by atoms with Gasteiger partial charge in [0.2, 0.25) is 0 Å². The first-order valence-corrected chi connectivity index (χ1v) is 17.4. The van der Waals surface area contributed by atoms with Crippen LogP contribution in [0.4, 0.5) is 0 Å². The van der Waals surface area contributed by atoms with Gasteiger partial charge >= 0.3 is 8.56 Å². The Morgan fingerprint density at radius 2 is 1.20 bits per heavy atom. The van der Waals surface area contributed by atoms with Gasteiger partial charge in [0.15, 0.2) is 16.6 Å². The van der Waals surface area contributed by atoms with Crippen LogP contribution in [0.5, 0.6) is 0 Å². The summed E-state index contributed by atoms with van der Waals surface area (Å²) in [5, 5.41) is 0. The highest BCUT2D eigenvalue weighted by Crippen LogP contribution is 2.31. The number of hydrogen-bond acceptors (Lipinski definition) is 2. The van der Waals surface area contributed by atoms with Gasteiger partial charge in [-0.25, -0.2) is 0 Å². The van der Waals surface area contributed by atoms with Gasteiger partial charge in [-0.15, -0.1) is 0 Å². The summed E-state index contributed by atoms with van der Waals surface area (Å²) >= 11 is 0. The van der Waals surface area contributed by atoms with Crippen LogP contribution in [0.25, 0.3) is 0 Å². The van der Waals surface area contributed by atoms with Crippen LogP contribution < -0.4 is 0 Å². The standard InChI is InChI=1S/C15H38O2Si3/c1-11-15(2,3)13-12-14-20(10,16-18(4,5)6)17-19(7,8)9/h11-14H2,1-10H3. The second-order valence-corrected chi connectivity index (χ2v) is 21.8. The van der Waals surface area contributed by atoms with Gasteiger partial charge in [-0.05, 0) is 63.7 Å². The summed E-state index contributed by atoms with van der Waals surface area (Å²) in [4.78, 5) is 0. The largest absolute Gasteiger partial charge is 0.437 e. The second-order valence-electron chi connectivity index (χ2n) is 8.93. The average molecular weight is 335 g/mol. The molecular formula is C15H38O2Si3. The Labute approximate surface area is 131 Å². The lowest BCUT2D eigenvalue weighted by atomic mass is 9.85. The Morgan fingerprint density at radius 3 is 1.50 bits per heavy atom. The Bertz CT molecular complexity index is 274. The normalized spacial score (nSPS) is 14.7. The third-order valence-corrected chi connectivity index (χ3v) is 13.1. The van der Waals surface area contributed by atoms with Gasteiger partial charge in [0, 0.05) is 0 Å². The first kappa shape index (κ1) is 20.6. The minimum Gasteiger partial charge on any atom is -0.437 e. The molecule has 0 bridgehead atoms. The van der Waals surface area contributed by atoms with Gasteiger partial charge in [0.25, 0.3) is 0 Å². The molecule has 0 aliphatic heterocycles. The van der Waals surface area contributed by atoms with Crippen LogP contribution in [0.1, 0.15) is 40.0 Å². The van der Waals surface area contributed by atoms with Gasteiger partial charge in [-0.3, -0.25) is 0 Å². The van der Waals surface area contributed by atoms with Crippen LogP contribution in [0.3, 0.4) is 0 Å². The molecule has 0 aliphatic carbocycles. The summed E-state index contributed by atoms with van der Waals surface area (Å²) in [7, 11) is -5.08. The molecule has 20 heavy (non-hydrogen) atoms. The fraction of sp³-hybridized carbons (Fsp3) is 1.00. The molecule has 0 saturated heterocycles. The lowest BCUT2D eigenvalue weighted by Gasteiger charge is -2.39. The fourth-order valence-corrected chi connectivity index (χ4v) is 15.0. The fourth-order valence-electron chi connectivity index (χ4n) is 2.48. The molecule has 0 N–H and O–H groups in total. The smallest absolute Gasteiger partial charge is 0.314 e. The summed E-state index contributed by atoms with van der Waals surface area (Å²) in [5.41, 5.74) is 0.452. The quantitative estimate of drug-likeness (QED) is 0.483. The maximum absolute atomic E-state index is 6.54. The monoisotopic (exact) mass is 334 g/mol. The summed E-state index contributed by atoms with van der Waals surface area (Å²) in [6.07, 6.45) is 3.75. The zero-order valence-electron chi connectivity index (χ0n) is 15.6. The van der Waals surface area contributed by atoms with E-state index < -0.39 is 25.2 Å². The van der Waals surface area contributed by atoms with Gasteiger partial charge < -0.3 is 8.23 Å². The predicted molar refractivity (Wildman–Crippen MR) is 98.6 cm³/mol. The molecule has 122 valence electrons. The maximum atomic E-state index is 6.54. The molecular weight excluding hydrogens is 296 g/mol. The molecule has 0 spiro atoms. The summed E-state index contributed by atoms with van der Waals surface area (Å²) in [6, 6.07) is 1.14. The Kier molecular flexibility index (Phi) is 7.43. The van der Waals surface area contributed by atoms with E-state index in [1.807, 2.05) is 0 Å². The maximum Gasteiger partial charge on any atom is 0.314 e. The molecule has 0 aliphatic rings. The highest BCUT2D eigenvalue weighted by molar-refractivity contribution is 6.87. The van der Waals surface area contributed by atoms with Crippen molar-refractivity contribution in [2.24, 2.45) is 5.41 Å². The molecule has 0 fully saturated rings. The molecule has 0 unspecified atom stereocenters. The van der Waals surface area contributed by atoms with E-state index in [1.54, 1.807) is 0 Å². The number of rotatable bonds is 9. The van der Waals surface area contributed by atoms with Crippen molar-refractivity contribution < 1.29 is 8.23 Å². The molecule has 0 amide bonds. The molecule has 2 nitrogen and oxygen atoms in total. The molecule has 0 aromatic carbocycles. The van der Waals surface area contributed by atoms with Crippen LogP contribution in [-0.2, 0) is 8.23 Å². The van der Waals surface area contributed by atoms with Crippen molar-refractivity contribution in [1.29, 1.82) is 0 Å². The van der Waals surface area contributed by atoms with Crippen LogP contribution in [0, 0.1) is 5.41 Å². The molecule has 0 aromatic heterocycles. The molecule has 0 rings (SSSR count). The third-order valence-electron chi connectivity index (χ3n) is 3.49. The first-order chi connectivity index (χ1) is 8.68. The minimum atomic E-state index is -2.01.